The van der Waals surface area contributed by atoms with Gasteiger partial charge in [0.2, 0.25) is 0 Å². The fourth-order valence-electron chi connectivity index (χ4n) is 1.14. The molecule has 1 aromatic carbocycles. The Morgan fingerprint density at radius 3 is 2.56 bits per heavy atom. The zero-order valence-electron chi connectivity index (χ0n) is 8.95. The van der Waals surface area contributed by atoms with Crippen LogP contribution in [-0.4, -0.2) is 23.0 Å². The Kier molecular flexibility index (Phi) is 4.06. The summed E-state index contributed by atoms with van der Waals surface area (Å²) >= 11 is 3.27. The van der Waals surface area contributed by atoms with Crippen molar-refractivity contribution in [3.63, 3.8) is 0 Å². The van der Waals surface area contributed by atoms with Crippen LogP contribution in [0.5, 0.6) is 0 Å². The number of carbonyl (C=O) groups excluding carboxylic acids is 1. The van der Waals surface area contributed by atoms with Gasteiger partial charge in [-0.05, 0) is 47.5 Å². The maximum Gasteiger partial charge on any atom is 0.325 e. The maximum atomic E-state index is 11.7. The van der Waals surface area contributed by atoms with E-state index in [2.05, 4.69) is 21.2 Å². The minimum Gasteiger partial charge on any atom is -0.480 e. The molecule has 0 spiro atoms. The number of carboxylic acid groups (broad SMARTS) is 1. The van der Waals surface area contributed by atoms with Gasteiger partial charge in [0.15, 0.2) is 0 Å². The monoisotopic (exact) mass is 285 g/mol. The number of hydrogen-bond acceptors (Lipinski definition) is 2. The van der Waals surface area contributed by atoms with E-state index in [-0.39, 0.29) is 0 Å². The van der Waals surface area contributed by atoms with Gasteiger partial charge >= 0.3 is 5.97 Å². The van der Waals surface area contributed by atoms with Crippen LogP contribution in [0.1, 0.15) is 22.8 Å². The fraction of sp³-hybridized carbons (Fsp3) is 0.273. The second kappa shape index (κ2) is 5.12. The maximum absolute atomic E-state index is 11.7. The average molecular weight is 286 g/mol. The lowest BCUT2D eigenvalue weighted by atomic mass is 10.1. The summed E-state index contributed by atoms with van der Waals surface area (Å²) in [6.45, 7) is 3.33. The highest BCUT2D eigenvalue weighted by Gasteiger charge is 2.16. The highest BCUT2D eigenvalue weighted by molar-refractivity contribution is 9.10. The van der Waals surface area contributed by atoms with Crippen LogP contribution in [0.3, 0.4) is 0 Å². The molecule has 86 valence electrons. The molecule has 5 heteroatoms. The molecule has 0 bridgehead atoms. The number of rotatable bonds is 3. The molecular weight excluding hydrogens is 274 g/mol. The first kappa shape index (κ1) is 12.7. The van der Waals surface area contributed by atoms with E-state index in [4.69, 9.17) is 5.11 Å². The minimum atomic E-state index is -1.06. The largest absolute Gasteiger partial charge is 0.480 e. The van der Waals surface area contributed by atoms with E-state index in [1.807, 2.05) is 6.92 Å². The molecule has 0 fully saturated rings. The molecule has 2 N–H and O–H groups in total. The van der Waals surface area contributed by atoms with Gasteiger partial charge in [0.05, 0.1) is 5.56 Å². The van der Waals surface area contributed by atoms with Crippen molar-refractivity contribution in [2.75, 3.05) is 0 Å². The van der Waals surface area contributed by atoms with E-state index in [1.54, 1.807) is 18.2 Å². The summed E-state index contributed by atoms with van der Waals surface area (Å²) in [7, 11) is 0. The SMILES string of the molecule is Cc1ccc(C(=O)N[C@H](C)C(=O)O)c(Br)c1. The number of aryl methyl sites for hydroxylation is 1. The van der Waals surface area contributed by atoms with Gasteiger partial charge in [0.25, 0.3) is 5.91 Å². The van der Waals surface area contributed by atoms with Crippen molar-refractivity contribution in [1.29, 1.82) is 0 Å². The molecule has 0 aliphatic carbocycles. The van der Waals surface area contributed by atoms with E-state index < -0.39 is 17.9 Å². The fourth-order valence-corrected chi connectivity index (χ4v) is 1.81. The first-order chi connectivity index (χ1) is 7.41. The van der Waals surface area contributed by atoms with Crippen LogP contribution < -0.4 is 5.32 Å². The molecule has 0 unspecified atom stereocenters. The van der Waals surface area contributed by atoms with Gasteiger partial charge in [-0.3, -0.25) is 9.59 Å². The van der Waals surface area contributed by atoms with Gasteiger partial charge in [-0.15, -0.1) is 0 Å². The van der Waals surface area contributed by atoms with Crippen molar-refractivity contribution in [3.05, 3.63) is 33.8 Å². The predicted octanol–water partition coefficient (Wildman–Crippen LogP) is 1.96. The third kappa shape index (κ3) is 3.06. The molecule has 0 saturated heterocycles. The van der Waals surface area contributed by atoms with Crippen molar-refractivity contribution in [3.8, 4) is 0 Å². The van der Waals surface area contributed by atoms with Crippen LogP contribution in [0.4, 0.5) is 0 Å². The molecule has 1 rings (SSSR count). The molecule has 0 saturated carbocycles. The van der Waals surface area contributed by atoms with E-state index in [9.17, 15) is 9.59 Å². The summed E-state index contributed by atoms with van der Waals surface area (Å²) in [6.07, 6.45) is 0. The summed E-state index contributed by atoms with van der Waals surface area (Å²) in [4.78, 5) is 22.3. The molecule has 0 aliphatic heterocycles. The second-order valence-corrected chi connectivity index (χ2v) is 4.37. The van der Waals surface area contributed by atoms with Crippen LogP contribution >= 0.6 is 15.9 Å². The molecule has 1 aromatic rings. The number of benzene rings is 1. The lowest BCUT2D eigenvalue weighted by Gasteiger charge is -2.10. The molecule has 0 radical (unpaired) electrons. The molecule has 4 nitrogen and oxygen atoms in total. The van der Waals surface area contributed by atoms with E-state index in [0.29, 0.717) is 10.0 Å². The third-order valence-corrected chi connectivity index (χ3v) is 2.74. The lowest BCUT2D eigenvalue weighted by molar-refractivity contribution is -0.138. The number of amides is 1. The Morgan fingerprint density at radius 1 is 1.44 bits per heavy atom. The van der Waals surface area contributed by atoms with E-state index >= 15 is 0 Å². The molecule has 16 heavy (non-hydrogen) atoms. The van der Waals surface area contributed by atoms with Crippen molar-refractivity contribution >= 4 is 27.8 Å². The summed E-state index contributed by atoms with van der Waals surface area (Å²) in [6, 6.07) is 4.36. The number of nitrogens with one attached hydrogen (secondary N) is 1. The molecule has 1 amide bonds. The first-order valence-electron chi connectivity index (χ1n) is 4.71. The van der Waals surface area contributed by atoms with Gasteiger partial charge in [-0.2, -0.15) is 0 Å². The Morgan fingerprint density at radius 2 is 2.06 bits per heavy atom. The topological polar surface area (TPSA) is 66.4 Å². The summed E-state index contributed by atoms with van der Waals surface area (Å²) in [5.74, 6) is -1.46. The Balaban J connectivity index is 2.85. The molecule has 0 aromatic heterocycles. The summed E-state index contributed by atoms with van der Waals surface area (Å²) in [5, 5.41) is 11.1. The van der Waals surface area contributed by atoms with Crippen molar-refractivity contribution in [2.24, 2.45) is 0 Å². The highest BCUT2D eigenvalue weighted by Crippen LogP contribution is 2.18. The second-order valence-electron chi connectivity index (χ2n) is 3.52. The Bertz CT molecular complexity index is 431. The smallest absolute Gasteiger partial charge is 0.325 e. The van der Waals surface area contributed by atoms with Gasteiger partial charge in [0.1, 0.15) is 6.04 Å². The van der Waals surface area contributed by atoms with Crippen LogP contribution in [0.25, 0.3) is 0 Å². The molecule has 0 heterocycles. The van der Waals surface area contributed by atoms with Crippen LogP contribution in [-0.2, 0) is 4.79 Å². The van der Waals surface area contributed by atoms with Crippen LogP contribution in [0, 0.1) is 6.92 Å². The number of aliphatic carboxylic acids is 1. The minimum absolute atomic E-state index is 0.401. The standard InChI is InChI=1S/C11H12BrNO3/c1-6-3-4-8(9(12)5-6)10(14)13-7(2)11(15)16/h3-5,7H,1-2H3,(H,13,14)(H,15,16)/t7-/m1/s1. The third-order valence-electron chi connectivity index (χ3n) is 2.09. The van der Waals surface area contributed by atoms with Crippen LogP contribution in [0.2, 0.25) is 0 Å². The number of halogens is 1. The number of carbonyl (C=O) groups is 2. The number of hydrogen-bond donors (Lipinski definition) is 2. The lowest BCUT2D eigenvalue weighted by Crippen LogP contribution is -2.38. The summed E-state index contributed by atoms with van der Waals surface area (Å²) in [5.41, 5.74) is 1.45. The van der Waals surface area contributed by atoms with Gasteiger partial charge in [-0.1, -0.05) is 6.07 Å². The first-order valence-corrected chi connectivity index (χ1v) is 5.51. The van der Waals surface area contributed by atoms with E-state index in [1.165, 1.54) is 6.92 Å². The van der Waals surface area contributed by atoms with Gasteiger partial charge < -0.3 is 10.4 Å². The average Bonchev–Trinajstić information content (AvgIpc) is 2.16. The van der Waals surface area contributed by atoms with Crippen molar-refractivity contribution in [1.82, 2.24) is 5.32 Å². The van der Waals surface area contributed by atoms with Gasteiger partial charge in [-0.25, -0.2) is 0 Å². The normalized spacial score (nSPS) is 11.9. The quantitative estimate of drug-likeness (QED) is 0.892. The zero-order valence-corrected chi connectivity index (χ0v) is 10.5. The summed E-state index contributed by atoms with van der Waals surface area (Å²) < 4.78 is 0.655. The van der Waals surface area contributed by atoms with Crippen molar-refractivity contribution < 1.29 is 14.7 Å². The van der Waals surface area contributed by atoms with Crippen molar-refractivity contribution in [2.45, 2.75) is 19.9 Å². The highest BCUT2D eigenvalue weighted by atomic mass is 79.9. The Hall–Kier alpha value is -1.36. The van der Waals surface area contributed by atoms with Crippen LogP contribution in [0.15, 0.2) is 22.7 Å². The molecular formula is C11H12BrNO3. The Labute approximate surface area is 102 Å². The van der Waals surface area contributed by atoms with Gasteiger partial charge in [0, 0.05) is 4.47 Å². The molecule has 1 atom stereocenters. The number of carboxylic acids is 1. The zero-order chi connectivity index (χ0) is 12.3. The predicted molar refractivity (Wildman–Crippen MR) is 63.4 cm³/mol. The molecule has 0 aliphatic rings. The van der Waals surface area contributed by atoms with E-state index in [0.717, 1.165) is 5.56 Å².